The molecule has 0 bridgehead atoms. The summed E-state index contributed by atoms with van der Waals surface area (Å²) in [4.78, 5) is 23.4. The van der Waals surface area contributed by atoms with Crippen LogP contribution in [0.15, 0.2) is 66.5 Å². The fourth-order valence-corrected chi connectivity index (χ4v) is 4.41. The number of fused-ring (bicyclic) bond motifs is 4. The number of hydrogen-bond donors (Lipinski definition) is 0. The SMILES string of the molecule is CN1C(=CC=Cc2n(C)c3nc4ccccc4nc3[n+]2C)N(C)c2nc3ccccc3nc21. The second-order valence-corrected chi connectivity index (χ2v) is 8.20. The highest BCUT2D eigenvalue weighted by molar-refractivity contribution is 5.85. The molecular weight excluding hydrogens is 412 g/mol. The summed E-state index contributed by atoms with van der Waals surface area (Å²) in [5.74, 6) is 3.71. The normalized spacial score (nSPS) is 13.8. The molecule has 3 aromatic heterocycles. The number of allylic oxidation sites excluding steroid dienone is 2. The molecule has 1 aliphatic heterocycles. The van der Waals surface area contributed by atoms with E-state index in [1.54, 1.807) is 0 Å². The second kappa shape index (κ2) is 7.09. The van der Waals surface area contributed by atoms with Crippen LogP contribution in [-0.4, -0.2) is 38.6 Å². The van der Waals surface area contributed by atoms with Crippen LogP contribution in [0, 0.1) is 0 Å². The van der Waals surface area contributed by atoms with Gasteiger partial charge < -0.3 is 9.80 Å². The van der Waals surface area contributed by atoms with Crippen molar-refractivity contribution in [2.45, 2.75) is 0 Å². The van der Waals surface area contributed by atoms with Crippen LogP contribution < -0.4 is 14.4 Å². The molecule has 5 aromatic rings. The summed E-state index contributed by atoms with van der Waals surface area (Å²) in [5.41, 5.74) is 5.27. The minimum Gasteiger partial charge on any atom is -0.312 e. The maximum absolute atomic E-state index is 4.82. The van der Waals surface area contributed by atoms with Gasteiger partial charge in [0.25, 0.3) is 5.65 Å². The topological polar surface area (TPSA) is 66.9 Å². The van der Waals surface area contributed by atoms with E-state index >= 15 is 0 Å². The minimum atomic E-state index is 0.853. The number of hydrogen-bond acceptors (Lipinski definition) is 6. The number of benzene rings is 2. The molecule has 0 unspecified atom stereocenters. The van der Waals surface area contributed by atoms with Crippen molar-refractivity contribution in [3.63, 3.8) is 0 Å². The smallest absolute Gasteiger partial charge is 0.312 e. The lowest BCUT2D eigenvalue weighted by atomic mass is 10.3. The quantitative estimate of drug-likeness (QED) is 0.396. The Morgan fingerprint density at radius 3 is 1.82 bits per heavy atom. The van der Waals surface area contributed by atoms with Gasteiger partial charge in [-0.1, -0.05) is 35.3 Å². The molecule has 0 amide bonds. The standard InChI is InChI=1S/C25H23N8/c1-30-20(31(2)23-22(30)26-16-10-5-6-11-17(16)27-23)14-9-15-21-32(3)24-25(33(21)4)29-19-13-8-7-12-18(19)28-24/h5-15H,1-4H3/q+1. The first-order valence-electron chi connectivity index (χ1n) is 10.8. The molecule has 162 valence electrons. The lowest BCUT2D eigenvalue weighted by Gasteiger charge is -2.16. The second-order valence-electron chi connectivity index (χ2n) is 8.20. The van der Waals surface area contributed by atoms with E-state index in [1.165, 1.54) is 0 Å². The van der Waals surface area contributed by atoms with E-state index in [-0.39, 0.29) is 0 Å². The summed E-state index contributed by atoms with van der Waals surface area (Å²) < 4.78 is 4.13. The number of aryl methyl sites for hydroxylation is 2. The minimum absolute atomic E-state index is 0.853. The van der Waals surface area contributed by atoms with Crippen molar-refractivity contribution in [1.29, 1.82) is 0 Å². The number of anilines is 2. The van der Waals surface area contributed by atoms with Crippen molar-refractivity contribution >= 4 is 51.1 Å². The van der Waals surface area contributed by atoms with Gasteiger partial charge >= 0.3 is 5.65 Å². The van der Waals surface area contributed by atoms with Crippen molar-refractivity contribution in [2.75, 3.05) is 23.9 Å². The van der Waals surface area contributed by atoms with Crippen LogP contribution in [0.1, 0.15) is 5.82 Å². The van der Waals surface area contributed by atoms with Crippen LogP contribution in [0.25, 0.3) is 39.4 Å². The maximum atomic E-state index is 4.82. The third-order valence-corrected chi connectivity index (χ3v) is 6.20. The highest BCUT2D eigenvalue weighted by Crippen LogP contribution is 2.37. The van der Waals surface area contributed by atoms with Gasteiger partial charge in [0.15, 0.2) is 17.2 Å². The van der Waals surface area contributed by atoms with E-state index in [1.807, 2.05) is 82.8 Å². The number of imidazole rings is 1. The Kier molecular flexibility index (Phi) is 4.16. The monoisotopic (exact) mass is 435 g/mol. The van der Waals surface area contributed by atoms with E-state index in [2.05, 4.69) is 31.1 Å². The first-order valence-corrected chi connectivity index (χ1v) is 10.8. The summed E-state index contributed by atoms with van der Waals surface area (Å²) >= 11 is 0. The highest BCUT2D eigenvalue weighted by Gasteiger charge is 2.29. The van der Waals surface area contributed by atoms with E-state index in [4.69, 9.17) is 19.9 Å². The first-order chi connectivity index (χ1) is 16.0. The molecule has 0 N–H and O–H groups in total. The molecule has 0 aliphatic carbocycles. The van der Waals surface area contributed by atoms with Crippen LogP contribution >= 0.6 is 0 Å². The Balaban J connectivity index is 1.39. The molecule has 0 atom stereocenters. The molecule has 0 spiro atoms. The Bertz CT molecular complexity index is 1520. The van der Waals surface area contributed by atoms with E-state index in [0.29, 0.717) is 0 Å². The molecule has 8 heteroatoms. The van der Waals surface area contributed by atoms with Crippen molar-refractivity contribution < 1.29 is 4.57 Å². The van der Waals surface area contributed by atoms with Crippen LogP contribution in [-0.2, 0) is 14.1 Å². The summed E-state index contributed by atoms with van der Waals surface area (Å²) in [7, 11) is 8.06. The van der Waals surface area contributed by atoms with Gasteiger partial charge in [-0.15, -0.1) is 0 Å². The summed E-state index contributed by atoms with van der Waals surface area (Å²) in [6, 6.07) is 15.9. The van der Waals surface area contributed by atoms with E-state index in [9.17, 15) is 0 Å². The first kappa shape index (κ1) is 19.4. The zero-order valence-corrected chi connectivity index (χ0v) is 18.9. The van der Waals surface area contributed by atoms with Gasteiger partial charge in [-0.05, 0) is 30.3 Å². The molecule has 1 aliphatic rings. The van der Waals surface area contributed by atoms with Crippen molar-refractivity contribution in [2.24, 2.45) is 14.1 Å². The molecule has 0 fully saturated rings. The fraction of sp³-hybridized carbons (Fsp3) is 0.160. The molecule has 0 radical (unpaired) electrons. The molecular formula is C25H23N8+. The summed E-state index contributed by atoms with van der Waals surface area (Å²) in [6.07, 6.45) is 6.19. The average molecular weight is 436 g/mol. The predicted molar refractivity (Wildman–Crippen MR) is 131 cm³/mol. The third kappa shape index (κ3) is 2.87. The fourth-order valence-electron chi connectivity index (χ4n) is 4.41. The number of aromatic nitrogens is 6. The Hall–Kier alpha value is -4.33. The van der Waals surface area contributed by atoms with Crippen LogP contribution in [0.2, 0.25) is 0 Å². The van der Waals surface area contributed by atoms with Crippen molar-refractivity contribution in [3.05, 3.63) is 72.3 Å². The zero-order chi connectivity index (χ0) is 22.7. The lowest BCUT2D eigenvalue weighted by molar-refractivity contribution is -0.649. The van der Waals surface area contributed by atoms with Gasteiger partial charge in [0, 0.05) is 20.2 Å². The summed E-state index contributed by atoms with van der Waals surface area (Å²) in [6.45, 7) is 0. The lowest BCUT2D eigenvalue weighted by Crippen LogP contribution is -2.31. The maximum Gasteiger partial charge on any atom is 0.322 e. The molecule has 33 heavy (non-hydrogen) atoms. The number of para-hydroxylation sites is 4. The van der Waals surface area contributed by atoms with Gasteiger partial charge in [-0.25, -0.2) is 24.1 Å². The summed E-state index contributed by atoms with van der Waals surface area (Å²) in [5, 5.41) is 0. The van der Waals surface area contributed by atoms with Gasteiger partial charge in [-0.2, -0.15) is 0 Å². The largest absolute Gasteiger partial charge is 0.322 e. The number of rotatable bonds is 2. The van der Waals surface area contributed by atoms with Gasteiger partial charge in [0.05, 0.1) is 25.1 Å². The van der Waals surface area contributed by atoms with Crippen LogP contribution in [0.5, 0.6) is 0 Å². The van der Waals surface area contributed by atoms with Gasteiger partial charge in [0.2, 0.25) is 5.82 Å². The highest BCUT2D eigenvalue weighted by atomic mass is 15.4. The van der Waals surface area contributed by atoms with Crippen LogP contribution in [0.3, 0.4) is 0 Å². The van der Waals surface area contributed by atoms with Crippen LogP contribution in [0.4, 0.5) is 11.6 Å². The van der Waals surface area contributed by atoms with E-state index in [0.717, 1.165) is 56.6 Å². The Morgan fingerprint density at radius 1 is 0.727 bits per heavy atom. The molecule has 6 rings (SSSR count). The molecule has 0 saturated carbocycles. The average Bonchev–Trinajstić information content (AvgIpc) is 3.21. The van der Waals surface area contributed by atoms with Gasteiger partial charge in [0.1, 0.15) is 11.3 Å². The molecule has 2 aromatic carbocycles. The molecule has 0 saturated heterocycles. The number of nitrogens with zero attached hydrogens (tertiary/aromatic N) is 8. The molecule has 4 heterocycles. The van der Waals surface area contributed by atoms with E-state index < -0.39 is 0 Å². The van der Waals surface area contributed by atoms with Crippen molar-refractivity contribution in [3.8, 4) is 0 Å². The Morgan fingerprint density at radius 2 is 1.24 bits per heavy atom. The predicted octanol–water partition coefficient (Wildman–Crippen LogP) is 3.33. The Labute approximate surface area is 190 Å². The zero-order valence-electron chi connectivity index (χ0n) is 18.9. The van der Waals surface area contributed by atoms with Crippen molar-refractivity contribution in [1.82, 2.24) is 24.5 Å². The van der Waals surface area contributed by atoms with Gasteiger partial charge in [-0.3, -0.25) is 0 Å². The third-order valence-electron chi connectivity index (χ3n) is 6.20. The molecule has 8 nitrogen and oxygen atoms in total.